The van der Waals surface area contributed by atoms with E-state index in [0.717, 1.165) is 5.56 Å². The van der Waals surface area contributed by atoms with Crippen molar-refractivity contribution < 1.29 is 14.0 Å². The van der Waals surface area contributed by atoms with Crippen molar-refractivity contribution in [1.29, 1.82) is 0 Å². The summed E-state index contributed by atoms with van der Waals surface area (Å²) in [7, 11) is 0. The highest BCUT2D eigenvalue weighted by atomic mass is 127. The molecule has 0 bridgehead atoms. The molecule has 1 N–H and O–H groups in total. The van der Waals surface area contributed by atoms with Crippen LogP contribution >= 0.6 is 22.6 Å². The number of nitrogens with one attached hydrogen (secondary N) is 1. The fourth-order valence-electron chi connectivity index (χ4n) is 2.84. The topological polar surface area (TPSA) is 62.6 Å². The molecule has 1 saturated heterocycles. The average molecular weight is 438 g/mol. The van der Waals surface area contributed by atoms with Crippen molar-refractivity contribution in [1.82, 2.24) is 10.2 Å². The first-order valence-electron chi connectivity index (χ1n) is 7.98. The van der Waals surface area contributed by atoms with E-state index < -0.39 is 0 Å². The SMILES string of the molecule is O=C(NCc1ccc(I)cc1)C1CCN(C(=O)c2ccco2)CC1. The number of nitrogens with zero attached hydrogens (tertiary/aromatic N) is 1. The number of carbonyl (C=O) groups is 2. The first-order chi connectivity index (χ1) is 11.6. The molecule has 0 radical (unpaired) electrons. The van der Waals surface area contributed by atoms with Crippen molar-refractivity contribution in [2.45, 2.75) is 19.4 Å². The molecule has 24 heavy (non-hydrogen) atoms. The number of amides is 2. The number of hydrogen-bond acceptors (Lipinski definition) is 3. The molecule has 2 amide bonds. The van der Waals surface area contributed by atoms with Gasteiger partial charge in [-0.15, -0.1) is 0 Å². The number of halogens is 1. The summed E-state index contributed by atoms with van der Waals surface area (Å²) in [5.41, 5.74) is 1.09. The molecule has 2 aromatic rings. The largest absolute Gasteiger partial charge is 0.459 e. The predicted octanol–water partition coefficient (Wildman–Crippen LogP) is 3.05. The van der Waals surface area contributed by atoms with Crippen LogP contribution in [0.5, 0.6) is 0 Å². The first-order valence-corrected chi connectivity index (χ1v) is 9.06. The van der Waals surface area contributed by atoms with Gasteiger partial charge in [0.05, 0.1) is 6.26 Å². The van der Waals surface area contributed by atoms with Crippen molar-refractivity contribution >= 4 is 34.4 Å². The van der Waals surface area contributed by atoms with E-state index >= 15 is 0 Å². The maximum absolute atomic E-state index is 12.3. The highest BCUT2D eigenvalue weighted by Gasteiger charge is 2.28. The molecule has 6 heteroatoms. The number of benzene rings is 1. The van der Waals surface area contributed by atoms with Crippen LogP contribution in [0, 0.1) is 9.49 Å². The number of likely N-dealkylation sites (tertiary alicyclic amines) is 1. The standard InChI is InChI=1S/C18H19IN2O3/c19-15-5-3-13(4-6-15)12-20-17(22)14-7-9-21(10-8-14)18(23)16-2-1-11-24-16/h1-6,11,14H,7-10,12H2,(H,20,22). The Labute approximate surface area is 154 Å². The van der Waals surface area contributed by atoms with E-state index in [1.165, 1.54) is 9.83 Å². The summed E-state index contributed by atoms with van der Waals surface area (Å²) in [6.07, 6.45) is 2.87. The molecule has 1 fully saturated rings. The summed E-state index contributed by atoms with van der Waals surface area (Å²) >= 11 is 2.26. The second-order valence-electron chi connectivity index (χ2n) is 5.89. The summed E-state index contributed by atoms with van der Waals surface area (Å²) in [6, 6.07) is 11.5. The summed E-state index contributed by atoms with van der Waals surface area (Å²) in [6.45, 7) is 1.71. The van der Waals surface area contributed by atoms with Crippen molar-refractivity contribution in [3.63, 3.8) is 0 Å². The van der Waals surface area contributed by atoms with Gasteiger partial charge in [-0.1, -0.05) is 12.1 Å². The van der Waals surface area contributed by atoms with E-state index in [0.29, 0.717) is 38.2 Å². The van der Waals surface area contributed by atoms with Crippen LogP contribution in [-0.2, 0) is 11.3 Å². The van der Waals surface area contributed by atoms with Crippen LogP contribution in [0.2, 0.25) is 0 Å². The van der Waals surface area contributed by atoms with Crippen molar-refractivity contribution in [3.8, 4) is 0 Å². The number of carbonyl (C=O) groups excluding carboxylic acids is 2. The van der Waals surface area contributed by atoms with Crippen LogP contribution < -0.4 is 5.32 Å². The average Bonchev–Trinajstić information content (AvgIpc) is 3.15. The molecule has 0 unspecified atom stereocenters. The van der Waals surface area contributed by atoms with Crippen LogP contribution in [0.15, 0.2) is 47.1 Å². The Morgan fingerprint density at radius 2 is 1.88 bits per heavy atom. The fourth-order valence-corrected chi connectivity index (χ4v) is 3.20. The van der Waals surface area contributed by atoms with Gasteiger partial charge in [-0.05, 0) is 65.3 Å². The smallest absolute Gasteiger partial charge is 0.289 e. The molecule has 1 aliphatic heterocycles. The molecule has 1 aliphatic rings. The van der Waals surface area contributed by atoms with Crippen LogP contribution in [0.4, 0.5) is 0 Å². The Bertz CT molecular complexity index is 690. The van der Waals surface area contributed by atoms with Crippen LogP contribution in [-0.4, -0.2) is 29.8 Å². The van der Waals surface area contributed by atoms with Crippen LogP contribution in [0.3, 0.4) is 0 Å². The third-order valence-electron chi connectivity index (χ3n) is 4.26. The third kappa shape index (κ3) is 4.17. The minimum atomic E-state index is -0.0993. The molecule has 1 aromatic heterocycles. The maximum Gasteiger partial charge on any atom is 0.289 e. The van der Waals surface area contributed by atoms with E-state index in [2.05, 4.69) is 27.9 Å². The van der Waals surface area contributed by atoms with E-state index in [1.54, 1.807) is 17.0 Å². The number of piperidine rings is 1. The number of rotatable bonds is 4. The predicted molar refractivity (Wildman–Crippen MR) is 98.3 cm³/mol. The van der Waals surface area contributed by atoms with E-state index in [1.807, 2.05) is 24.3 Å². The molecular formula is C18H19IN2O3. The van der Waals surface area contributed by atoms with Crippen molar-refractivity contribution in [3.05, 3.63) is 57.6 Å². The molecule has 5 nitrogen and oxygen atoms in total. The Balaban J connectivity index is 1.46. The lowest BCUT2D eigenvalue weighted by molar-refractivity contribution is -0.126. The van der Waals surface area contributed by atoms with Crippen molar-refractivity contribution in [2.75, 3.05) is 13.1 Å². The van der Waals surface area contributed by atoms with Crippen molar-refractivity contribution in [2.24, 2.45) is 5.92 Å². The number of hydrogen-bond donors (Lipinski definition) is 1. The lowest BCUT2D eigenvalue weighted by Crippen LogP contribution is -2.42. The van der Waals surface area contributed by atoms with E-state index in [4.69, 9.17) is 4.42 Å². The first kappa shape index (κ1) is 17.0. The molecule has 126 valence electrons. The van der Waals surface area contributed by atoms with Gasteiger partial charge in [0, 0.05) is 29.1 Å². The van der Waals surface area contributed by atoms with Gasteiger partial charge in [0.2, 0.25) is 5.91 Å². The van der Waals surface area contributed by atoms with E-state index in [9.17, 15) is 9.59 Å². The van der Waals surface area contributed by atoms with Gasteiger partial charge in [0.15, 0.2) is 5.76 Å². The lowest BCUT2D eigenvalue weighted by Gasteiger charge is -2.30. The monoisotopic (exact) mass is 438 g/mol. The highest BCUT2D eigenvalue weighted by molar-refractivity contribution is 14.1. The minimum Gasteiger partial charge on any atom is -0.459 e. The molecule has 0 spiro atoms. The van der Waals surface area contributed by atoms with Gasteiger partial charge >= 0.3 is 0 Å². The van der Waals surface area contributed by atoms with Gasteiger partial charge in [0.1, 0.15) is 0 Å². The van der Waals surface area contributed by atoms with Crippen LogP contribution in [0.25, 0.3) is 0 Å². The number of furan rings is 1. The van der Waals surface area contributed by atoms with Gasteiger partial charge in [-0.2, -0.15) is 0 Å². The lowest BCUT2D eigenvalue weighted by atomic mass is 9.95. The van der Waals surface area contributed by atoms with Gasteiger partial charge in [-0.25, -0.2) is 0 Å². The summed E-state index contributed by atoms with van der Waals surface area (Å²) in [5.74, 6) is 0.294. The second-order valence-corrected chi connectivity index (χ2v) is 7.13. The maximum atomic E-state index is 12.3. The minimum absolute atomic E-state index is 0.0329. The quantitative estimate of drug-likeness (QED) is 0.747. The Morgan fingerprint density at radius 3 is 2.50 bits per heavy atom. The molecule has 0 saturated carbocycles. The van der Waals surface area contributed by atoms with Gasteiger partial charge in [-0.3, -0.25) is 9.59 Å². The molecule has 2 heterocycles. The third-order valence-corrected chi connectivity index (χ3v) is 4.98. The Morgan fingerprint density at radius 1 is 1.17 bits per heavy atom. The van der Waals surface area contributed by atoms with Gasteiger partial charge < -0.3 is 14.6 Å². The summed E-state index contributed by atoms with van der Waals surface area (Å²) in [5, 5.41) is 3.00. The van der Waals surface area contributed by atoms with Crippen LogP contribution in [0.1, 0.15) is 29.0 Å². The van der Waals surface area contributed by atoms with E-state index in [-0.39, 0.29) is 17.7 Å². The zero-order valence-corrected chi connectivity index (χ0v) is 15.4. The van der Waals surface area contributed by atoms with Gasteiger partial charge in [0.25, 0.3) is 5.91 Å². The molecule has 3 rings (SSSR count). The molecular weight excluding hydrogens is 419 g/mol. The Kier molecular flexibility index (Phi) is 5.55. The molecule has 0 aliphatic carbocycles. The highest BCUT2D eigenvalue weighted by Crippen LogP contribution is 2.19. The summed E-state index contributed by atoms with van der Waals surface area (Å²) in [4.78, 5) is 26.3. The zero-order valence-electron chi connectivity index (χ0n) is 13.2. The fraction of sp³-hybridized carbons (Fsp3) is 0.333. The second kappa shape index (κ2) is 7.83. The Hall–Kier alpha value is -1.83. The zero-order chi connectivity index (χ0) is 16.9. The normalized spacial score (nSPS) is 15.3. The summed E-state index contributed by atoms with van der Waals surface area (Å²) < 4.78 is 6.32. The molecule has 1 aromatic carbocycles. The molecule has 0 atom stereocenters.